The van der Waals surface area contributed by atoms with Crippen molar-refractivity contribution in [2.75, 3.05) is 28.2 Å². The van der Waals surface area contributed by atoms with Gasteiger partial charge in [-0.3, -0.25) is 4.79 Å². The van der Waals surface area contributed by atoms with E-state index >= 15 is 0 Å². The number of amides is 2. The molecule has 7 heteroatoms. The number of anilines is 3. The molecule has 6 rings (SSSR count). The number of ether oxygens (including phenoxy) is 1. The van der Waals surface area contributed by atoms with Crippen molar-refractivity contribution in [1.82, 2.24) is 4.90 Å². The zero-order chi connectivity index (χ0) is 26.5. The van der Waals surface area contributed by atoms with Crippen molar-refractivity contribution in [3.63, 3.8) is 0 Å². The number of nitrogens with one attached hydrogen (secondary N) is 1. The zero-order valence-electron chi connectivity index (χ0n) is 22.9. The highest BCUT2D eigenvalue weighted by Crippen LogP contribution is 2.45. The lowest BCUT2D eigenvalue weighted by molar-refractivity contribution is -0.117. The van der Waals surface area contributed by atoms with E-state index in [0.717, 1.165) is 42.0 Å². The summed E-state index contributed by atoms with van der Waals surface area (Å²) >= 11 is 0. The first-order chi connectivity index (χ1) is 17.5. The molecule has 0 radical (unpaired) electrons. The van der Waals surface area contributed by atoms with Crippen molar-refractivity contribution in [2.45, 2.75) is 84.2 Å². The van der Waals surface area contributed by atoms with E-state index in [0.29, 0.717) is 6.54 Å². The predicted molar refractivity (Wildman–Crippen MR) is 148 cm³/mol. The molecule has 5 atom stereocenters. The van der Waals surface area contributed by atoms with Gasteiger partial charge in [0.2, 0.25) is 5.91 Å². The van der Waals surface area contributed by atoms with Gasteiger partial charge in [0.15, 0.2) is 0 Å². The van der Waals surface area contributed by atoms with E-state index in [2.05, 4.69) is 54.4 Å². The summed E-state index contributed by atoms with van der Waals surface area (Å²) in [5.74, 6) is 0.281. The van der Waals surface area contributed by atoms with Crippen LogP contribution in [0.1, 0.15) is 66.0 Å². The molecule has 1 N–H and O–H groups in total. The lowest BCUT2D eigenvalue weighted by atomic mass is 9.82. The molecule has 0 spiro atoms. The molecule has 2 aromatic rings. The molecule has 3 fully saturated rings. The highest BCUT2D eigenvalue weighted by Gasteiger charge is 2.44. The highest BCUT2D eigenvalue weighted by molar-refractivity contribution is 5.94. The number of fused-ring (bicyclic) bond motifs is 4. The number of rotatable bonds is 3. The van der Waals surface area contributed by atoms with Crippen LogP contribution in [0.4, 0.5) is 21.9 Å². The number of benzene rings is 2. The van der Waals surface area contributed by atoms with Crippen LogP contribution >= 0.6 is 0 Å². The molecular weight excluding hydrogens is 464 g/mol. The normalized spacial score (nSPS) is 27.1. The standard InChI is InChI=1S/C30H40N4O3/c1-19-20(2)34(21(3)35)27-15-14-23(16-26(27)28(19)31-22-10-8-7-9-11-22)32-17-25-13-12-24(32)18-33(25)29(36)37-30(4,5)6/h7-11,14-16,19-20,24-25,28,31H,12-13,17-18H2,1-6H3/t19-,20-,24+,25+,28+/m0/s1. The van der Waals surface area contributed by atoms with E-state index in [1.54, 1.807) is 6.92 Å². The van der Waals surface area contributed by atoms with Crippen LogP contribution < -0.4 is 15.1 Å². The van der Waals surface area contributed by atoms with Crippen molar-refractivity contribution in [3.05, 3.63) is 54.1 Å². The van der Waals surface area contributed by atoms with E-state index in [-0.39, 0.29) is 42.1 Å². The summed E-state index contributed by atoms with van der Waals surface area (Å²) in [5, 5.41) is 3.76. The van der Waals surface area contributed by atoms with E-state index in [4.69, 9.17) is 4.74 Å². The minimum atomic E-state index is -0.497. The zero-order valence-corrected chi connectivity index (χ0v) is 22.9. The molecular formula is C30H40N4O3. The van der Waals surface area contributed by atoms with Crippen molar-refractivity contribution in [3.8, 4) is 0 Å². The average molecular weight is 505 g/mol. The molecule has 7 nitrogen and oxygen atoms in total. The summed E-state index contributed by atoms with van der Waals surface area (Å²) in [6, 6.07) is 17.4. The SMILES string of the molecule is CC(=O)N1c2ccc(N3C[C@H]4CC[C@@H]3CN4C(=O)OC(C)(C)C)cc2[C@H](Nc2ccccc2)[C@@H](C)[C@@H]1C. The largest absolute Gasteiger partial charge is 0.444 e. The maximum Gasteiger partial charge on any atom is 0.410 e. The molecule has 2 amide bonds. The average Bonchev–Trinajstić information content (AvgIpc) is 2.86. The molecule has 3 saturated heterocycles. The quantitative estimate of drug-likeness (QED) is 0.571. The number of carbonyl (C=O) groups is 2. The van der Waals surface area contributed by atoms with Crippen LogP contribution in [0.3, 0.4) is 0 Å². The third kappa shape index (κ3) is 4.88. The maximum atomic E-state index is 12.9. The predicted octanol–water partition coefficient (Wildman–Crippen LogP) is 5.82. The molecule has 198 valence electrons. The maximum absolute atomic E-state index is 12.9. The molecule has 0 aromatic heterocycles. The summed E-state index contributed by atoms with van der Waals surface area (Å²) in [4.78, 5) is 31.9. The first-order valence-electron chi connectivity index (χ1n) is 13.5. The van der Waals surface area contributed by atoms with Gasteiger partial charge in [0.05, 0.1) is 12.1 Å². The molecule has 37 heavy (non-hydrogen) atoms. The third-order valence-electron chi connectivity index (χ3n) is 8.22. The second-order valence-electron chi connectivity index (χ2n) is 11.9. The van der Waals surface area contributed by atoms with Crippen LogP contribution in [-0.4, -0.2) is 53.7 Å². The number of hydrogen-bond acceptors (Lipinski definition) is 5. The van der Waals surface area contributed by atoms with Gasteiger partial charge in [-0.15, -0.1) is 0 Å². The highest BCUT2D eigenvalue weighted by atomic mass is 16.6. The van der Waals surface area contributed by atoms with Crippen LogP contribution in [0.25, 0.3) is 0 Å². The van der Waals surface area contributed by atoms with Gasteiger partial charge in [-0.25, -0.2) is 4.79 Å². The van der Waals surface area contributed by atoms with E-state index in [9.17, 15) is 9.59 Å². The van der Waals surface area contributed by atoms with Gasteiger partial charge < -0.3 is 24.8 Å². The molecule has 0 aliphatic carbocycles. The van der Waals surface area contributed by atoms with Crippen LogP contribution in [-0.2, 0) is 9.53 Å². The van der Waals surface area contributed by atoms with E-state index in [1.807, 2.05) is 48.8 Å². The molecule has 2 bridgehead atoms. The lowest BCUT2D eigenvalue weighted by Crippen LogP contribution is -2.64. The van der Waals surface area contributed by atoms with Crippen molar-refractivity contribution in [2.24, 2.45) is 5.92 Å². The minimum absolute atomic E-state index is 0.0662. The Morgan fingerprint density at radius 3 is 2.30 bits per heavy atom. The molecule has 4 aliphatic heterocycles. The van der Waals surface area contributed by atoms with Crippen molar-refractivity contribution < 1.29 is 14.3 Å². The summed E-state index contributed by atoms with van der Waals surface area (Å²) in [7, 11) is 0. The third-order valence-corrected chi connectivity index (χ3v) is 8.22. The van der Waals surface area contributed by atoms with Gasteiger partial charge in [0.25, 0.3) is 0 Å². The molecule has 0 unspecified atom stereocenters. The Hall–Kier alpha value is -3.22. The summed E-state index contributed by atoms with van der Waals surface area (Å²) in [6.45, 7) is 13.2. The summed E-state index contributed by atoms with van der Waals surface area (Å²) in [6.07, 6.45) is 1.84. The Bertz CT molecular complexity index is 1160. The Kier molecular flexibility index (Phi) is 6.59. The van der Waals surface area contributed by atoms with Crippen molar-refractivity contribution in [1.29, 1.82) is 0 Å². The van der Waals surface area contributed by atoms with Crippen LogP contribution in [0.2, 0.25) is 0 Å². The topological polar surface area (TPSA) is 65.1 Å². The van der Waals surface area contributed by atoms with Gasteiger partial charge in [0.1, 0.15) is 5.60 Å². The molecule has 4 heterocycles. The Morgan fingerprint density at radius 1 is 0.973 bits per heavy atom. The number of piperidine rings is 2. The monoisotopic (exact) mass is 504 g/mol. The fourth-order valence-electron chi connectivity index (χ4n) is 6.27. The van der Waals surface area contributed by atoms with Gasteiger partial charge in [-0.2, -0.15) is 0 Å². The first-order valence-corrected chi connectivity index (χ1v) is 13.5. The van der Waals surface area contributed by atoms with Gasteiger partial charge in [-0.1, -0.05) is 25.1 Å². The molecule has 0 saturated carbocycles. The minimum Gasteiger partial charge on any atom is -0.444 e. The first kappa shape index (κ1) is 25.4. The Morgan fingerprint density at radius 2 is 1.68 bits per heavy atom. The number of hydrogen-bond donors (Lipinski definition) is 1. The second-order valence-corrected chi connectivity index (χ2v) is 11.9. The van der Waals surface area contributed by atoms with Crippen LogP contribution in [0.5, 0.6) is 0 Å². The lowest BCUT2D eigenvalue weighted by Gasteiger charge is -2.52. The van der Waals surface area contributed by atoms with Crippen LogP contribution in [0, 0.1) is 5.92 Å². The summed E-state index contributed by atoms with van der Waals surface area (Å²) in [5.41, 5.74) is 3.86. The van der Waals surface area contributed by atoms with E-state index in [1.165, 1.54) is 0 Å². The van der Waals surface area contributed by atoms with Gasteiger partial charge in [0, 0.05) is 60.6 Å². The summed E-state index contributed by atoms with van der Waals surface area (Å²) < 4.78 is 5.69. The number of carbonyl (C=O) groups excluding carboxylic acids is 2. The Balaban J connectivity index is 1.46. The fraction of sp³-hybridized carbons (Fsp3) is 0.533. The van der Waals surface area contributed by atoms with Crippen molar-refractivity contribution >= 4 is 29.1 Å². The van der Waals surface area contributed by atoms with E-state index < -0.39 is 5.60 Å². The molecule has 4 aliphatic rings. The Labute approximate surface area is 220 Å². The number of nitrogens with zero attached hydrogens (tertiary/aromatic N) is 3. The van der Waals surface area contributed by atoms with Gasteiger partial charge >= 0.3 is 6.09 Å². The number of para-hydroxylation sites is 1. The smallest absolute Gasteiger partial charge is 0.410 e. The number of piperazine rings is 1. The second kappa shape index (κ2) is 9.58. The van der Waals surface area contributed by atoms with Crippen LogP contribution in [0.15, 0.2) is 48.5 Å². The fourth-order valence-corrected chi connectivity index (χ4v) is 6.27. The molecule has 2 aromatic carbocycles. The van der Waals surface area contributed by atoms with Gasteiger partial charge in [-0.05, 0) is 70.9 Å².